The predicted molar refractivity (Wildman–Crippen MR) is 61.9 cm³/mol. The molecule has 2 atom stereocenters. The Hall–Kier alpha value is -0.120. The summed E-state index contributed by atoms with van der Waals surface area (Å²) in [4.78, 5) is 5.09. The Bertz CT molecular complexity index is 178. The van der Waals surface area contributed by atoms with Crippen molar-refractivity contribution in [2.24, 2.45) is 0 Å². The summed E-state index contributed by atoms with van der Waals surface area (Å²) in [6.07, 6.45) is 5.16. The van der Waals surface area contributed by atoms with Crippen LogP contribution in [0.3, 0.4) is 0 Å². The van der Waals surface area contributed by atoms with Gasteiger partial charge >= 0.3 is 0 Å². The SMILES string of the molecule is CCN1CCC[C@H]1CN1CCC[C@H]1CO. The minimum atomic E-state index is 0.346. The minimum Gasteiger partial charge on any atom is -0.395 e. The lowest BCUT2D eigenvalue weighted by molar-refractivity contribution is 0.124. The van der Waals surface area contributed by atoms with Gasteiger partial charge in [0.15, 0.2) is 0 Å². The molecule has 2 aliphatic rings. The molecule has 88 valence electrons. The van der Waals surface area contributed by atoms with Crippen molar-refractivity contribution >= 4 is 0 Å². The number of aliphatic hydroxyl groups excluding tert-OH is 1. The fourth-order valence-corrected chi connectivity index (χ4v) is 3.13. The Morgan fingerprint density at radius 3 is 2.40 bits per heavy atom. The topological polar surface area (TPSA) is 26.7 Å². The van der Waals surface area contributed by atoms with Crippen LogP contribution in [0.2, 0.25) is 0 Å². The van der Waals surface area contributed by atoms with Crippen molar-refractivity contribution in [3.8, 4) is 0 Å². The molecule has 2 saturated heterocycles. The molecule has 1 N–H and O–H groups in total. The van der Waals surface area contributed by atoms with Crippen LogP contribution in [0, 0.1) is 0 Å². The first-order chi connectivity index (χ1) is 7.35. The van der Waals surface area contributed by atoms with Gasteiger partial charge in [0.05, 0.1) is 6.61 Å². The highest BCUT2D eigenvalue weighted by Crippen LogP contribution is 2.22. The average Bonchev–Trinajstić information content (AvgIpc) is 2.87. The van der Waals surface area contributed by atoms with Crippen molar-refractivity contribution in [1.29, 1.82) is 0 Å². The van der Waals surface area contributed by atoms with E-state index in [1.54, 1.807) is 0 Å². The number of hydrogen-bond acceptors (Lipinski definition) is 3. The summed E-state index contributed by atoms with van der Waals surface area (Å²) >= 11 is 0. The van der Waals surface area contributed by atoms with Gasteiger partial charge < -0.3 is 5.11 Å². The highest BCUT2D eigenvalue weighted by Gasteiger charge is 2.30. The van der Waals surface area contributed by atoms with Crippen molar-refractivity contribution < 1.29 is 5.11 Å². The Morgan fingerprint density at radius 2 is 1.73 bits per heavy atom. The molecule has 0 aliphatic carbocycles. The minimum absolute atomic E-state index is 0.346. The molecular weight excluding hydrogens is 188 g/mol. The Balaban J connectivity index is 1.84. The fourth-order valence-electron chi connectivity index (χ4n) is 3.13. The van der Waals surface area contributed by atoms with Gasteiger partial charge in [-0.25, -0.2) is 0 Å². The van der Waals surface area contributed by atoms with Crippen LogP contribution in [0.4, 0.5) is 0 Å². The molecule has 0 aromatic heterocycles. The van der Waals surface area contributed by atoms with E-state index in [0.29, 0.717) is 12.6 Å². The van der Waals surface area contributed by atoms with E-state index < -0.39 is 0 Å². The number of hydrogen-bond donors (Lipinski definition) is 1. The van der Waals surface area contributed by atoms with Crippen LogP contribution in [-0.4, -0.2) is 59.8 Å². The first-order valence-corrected chi connectivity index (χ1v) is 6.44. The van der Waals surface area contributed by atoms with Crippen LogP contribution in [0.5, 0.6) is 0 Å². The second-order valence-electron chi connectivity index (χ2n) is 4.90. The average molecular weight is 212 g/mol. The number of likely N-dealkylation sites (N-methyl/N-ethyl adjacent to an activating group) is 1. The van der Waals surface area contributed by atoms with E-state index in [2.05, 4.69) is 16.7 Å². The highest BCUT2D eigenvalue weighted by molar-refractivity contribution is 4.86. The number of aliphatic hydroxyl groups is 1. The lowest BCUT2D eigenvalue weighted by atomic mass is 10.2. The maximum Gasteiger partial charge on any atom is 0.0586 e. The summed E-state index contributed by atoms with van der Waals surface area (Å²) in [7, 11) is 0. The highest BCUT2D eigenvalue weighted by atomic mass is 16.3. The molecule has 0 saturated carbocycles. The summed E-state index contributed by atoms with van der Waals surface area (Å²) in [6.45, 7) is 7.43. The van der Waals surface area contributed by atoms with E-state index >= 15 is 0 Å². The van der Waals surface area contributed by atoms with E-state index in [1.165, 1.54) is 51.9 Å². The third-order valence-corrected chi connectivity index (χ3v) is 4.06. The zero-order valence-corrected chi connectivity index (χ0v) is 9.86. The standard InChI is InChI=1S/C12H24N2O/c1-2-13-7-3-5-11(13)9-14-8-4-6-12(14)10-15/h11-12,15H,2-10H2,1H3/t11-,12-/m0/s1. The summed E-state index contributed by atoms with van der Waals surface area (Å²) in [5.74, 6) is 0. The van der Waals surface area contributed by atoms with Crippen LogP contribution in [-0.2, 0) is 0 Å². The normalized spacial score (nSPS) is 34.0. The van der Waals surface area contributed by atoms with Crippen molar-refractivity contribution in [3.05, 3.63) is 0 Å². The van der Waals surface area contributed by atoms with Gasteiger partial charge in [-0.2, -0.15) is 0 Å². The molecule has 0 spiro atoms. The van der Waals surface area contributed by atoms with Crippen molar-refractivity contribution in [1.82, 2.24) is 9.80 Å². The summed E-state index contributed by atoms with van der Waals surface area (Å²) in [5, 5.41) is 9.28. The lowest BCUT2D eigenvalue weighted by Crippen LogP contribution is -2.43. The van der Waals surface area contributed by atoms with Crippen LogP contribution in [0.15, 0.2) is 0 Å². The first-order valence-electron chi connectivity index (χ1n) is 6.44. The van der Waals surface area contributed by atoms with Gasteiger partial charge in [-0.05, 0) is 45.3 Å². The van der Waals surface area contributed by atoms with Gasteiger partial charge in [0.2, 0.25) is 0 Å². The molecule has 0 bridgehead atoms. The molecule has 3 nitrogen and oxygen atoms in total. The molecule has 0 unspecified atom stereocenters. The van der Waals surface area contributed by atoms with Gasteiger partial charge in [0.1, 0.15) is 0 Å². The number of nitrogens with zero attached hydrogens (tertiary/aromatic N) is 2. The van der Waals surface area contributed by atoms with Crippen LogP contribution in [0.25, 0.3) is 0 Å². The molecule has 0 aromatic rings. The molecule has 0 radical (unpaired) electrons. The van der Waals surface area contributed by atoms with Gasteiger partial charge in [0, 0.05) is 18.6 Å². The maximum absolute atomic E-state index is 9.28. The second kappa shape index (κ2) is 5.28. The van der Waals surface area contributed by atoms with Crippen molar-refractivity contribution in [2.75, 3.05) is 32.8 Å². The van der Waals surface area contributed by atoms with Gasteiger partial charge in [-0.3, -0.25) is 9.80 Å². The van der Waals surface area contributed by atoms with Gasteiger partial charge in [0.25, 0.3) is 0 Å². The number of rotatable bonds is 4. The lowest BCUT2D eigenvalue weighted by Gasteiger charge is -2.30. The largest absolute Gasteiger partial charge is 0.395 e. The fraction of sp³-hybridized carbons (Fsp3) is 1.00. The van der Waals surface area contributed by atoms with Crippen molar-refractivity contribution in [3.63, 3.8) is 0 Å². The zero-order valence-electron chi connectivity index (χ0n) is 9.86. The number of likely N-dealkylation sites (tertiary alicyclic amines) is 2. The van der Waals surface area contributed by atoms with Crippen LogP contribution >= 0.6 is 0 Å². The molecule has 2 rings (SSSR count). The van der Waals surface area contributed by atoms with Gasteiger partial charge in [-0.15, -0.1) is 0 Å². The quantitative estimate of drug-likeness (QED) is 0.751. The van der Waals surface area contributed by atoms with Crippen LogP contribution < -0.4 is 0 Å². The first kappa shape index (κ1) is 11.4. The van der Waals surface area contributed by atoms with E-state index in [9.17, 15) is 5.11 Å². The summed E-state index contributed by atoms with van der Waals surface area (Å²) < 4.78 is 0. The Kier molecular flexibility index (Phi) is 4.00. The third kappa shape index (κ3) is 2.52. The van der Waals surface area contributed by atoms with Crippen LogP contribution in [0.1, 0.15) is 32.6 Å². The Morgan fingerprint density at radius 1 is 1.07 bits per heavy atom. The molecule has 3 heteroatoms. The van der Waals surface area contributed by atoms with Crippen molar-refractivity contribution in [2.45, 2.75) is 44.7 Å². The second-order valence-corrected chi connectivity index (χ2v) is 4.90. The third-order valence-electron chi connectivity index (χ3n) is 4.06. The zero-order chi connectivity index (χ0) is 10.7. The summed E-state index contributed by atoms with van der Waals surface area (Å²) in [5.41, 5.74) is 0. The molecule has 2 aliphatic heterocycles. The summed E-state index contributed by atoms with van der Waals surface area (Å²) in [6, 6.07) is 1.20. The molecule has 0 aromatic carbocycles. The Labute approximate surface area is 93.1 Å². The molecule has 2 heterocycles. The predicted octanol–water partition coefficient (Wildman–Crippen LogP) is 0.927. The monoisotopic (exact) mass is 212 g/mol. The molecule has 0 amide bonds. The smallest absolute Gasteiger partial charge is 0.0586 e. The molecule has 15 heavy (non-hydrogen) atoms. The van der Waals surface area contributed by atoms with Gasteiger partial charge in [-0.1, -0.05) is 6.92 Å². The van der Waals surface area contributed by atoms with E-state index in [1.807, 2.05) is 0 Å². The maximum atomic E-state index is 9.28. The van der Waals surface area contributed by atoms with E-state index in [4.69, 9.17) is 0 Å². The molecule has 2 fully saturated rings. The van der Waals surface area contributed by atoms with E-state index in [0.717, 1.165) is 6.04 Å². The van der Waals surface area contributed by atoms with E-state index in [-0.39, 0.29) is 0 Å². The molecular formula is C12H24N2O.